The standard InChI is InChI=1S/C12H12BrNS2/c13-10-8-9(5-6-14)3-4-11(10)16-12-2-1-7-15-12/h1-4,7-8H,5-6,14H2. The van der Waals surface area contributed by atoms with E-state index in [-0.39, 0.29) is 0 Å². The van der Waals surface area contributed by atoms with Crippen LogP contribution in [0, 0.1) is 0 Å². The van der Waals surface area contributed by atoms with E-state index in [1.54, 1.807) is 23.1 Å². The molecule has 1 nitrogen and oxygen atoms in total. The highest BCUT2D eigenvalue weighted by Gasteiger charge is 2.04. The van der Waals surface area contributed by atoms with Gasteiger partial charge in [0, 0.05) is 9.37 Å². The second kappa shape index (κ2) is 5.87. The van der Waals surface area contributed by atoms with Gasteiger partial charge >= 0.3 is 0 Å². The summed E-state index contributed by atoms with van der Waals surface area (Å²) in [5.41, 5.74) is 6.82. The molecule has 0 spiro atoms. The molecule has 0 fully saturated rings. The third-order valence-corrected chi connectivity index (χ3v) is 5.17. The maximum Gasteiger partial charge on any atom is 0.0646 e. The second-order valence-electron chi connectivity index (χ2n) is 3.34. The molecular weight excluding hydrogens is 302 g/mol. The highest BCUT2D eigenvalue weighted by atomic mass is 79.9. The zero-order chi connectivity index (χ0) is 11.4. The quantitative estimate of drug-likeness (QED) is 0.917. The van der Waals surface area contributed by atoms with Crippen molar-refractivity contribution in [1.29, 1.82) is 0 Å². The summed E-state index contributed by atoms with van der Waals surface area (Å²) in [5, 5.41) is 2.10. The third-order valence-electron chi connectivity index (χ3n) is 2.13. The number of rotatable bonds is 4. The molecule has 0 saturated carbocycles. The summed E-state index contributed by atoms with van der Waals surface area (Å²) < 4.78 is 2.46. The van der Waals surface area contributed by atoms with E-state index in [1.807, 2.05) is 0 Å². The van der Waals surface area contributed by atoms with Crippen molar-refractivity contribution in [3.05, 3.63) is 45.7 Å². The SMILES string of the molecule is NCCc1ccc(Sc2cccs2)c(Br)c1. The zero-order valence-corrected chi connectivity index (χ0v) is 11.9. The minimum atomic E-state index is 0.698. The van der Waals surface area contributed by atoms with Crippen molar-refractivity contribution >= 4 is 39.0 Å². The molecule has 2 rings (SSSR count). The van der Waals surface area contributed by atoms with E-state index >= 15 is 0 Å². The molecule has 0 unspecified atom stereocenters. The maximum atomic E-state index is 5.54. The smallest absolute Gasteiger partial charge is 0.0646 e. The van der Waals surface area contributed by atoms with Crippen LogP contribution in [0.4, 0.5) is 0 Å². The molecule has 84 valence electrons. The third kappa shape index (κ3) is 3.10. The Kier molecular flexibility index (Phi) is 4.46. The van der Waals surface area contributed by atoms with Crippen LogP contribution in [0.2, 0.25) is 0 Å². The van der Waals surface area contributed by atoms with Crippen LogP contribution < -0.4 is 5.73 Å². The zero-order valence-electron chi connectivity index (χ0n) is 8.65. The van der Waals surface area contributed by atoms with Gasteiger partial charge in [-0.25, -0.2) is 0 Å². The van der Waals surface area contributed by atoms with Gasteiger partial charge in [0.05, 0.1) is 4.21 Å². The molecule has 4 heteroatoms. The number of hydrogen-bond acceptors (Lipinski definition) is 3. The van der Waals surface area contributed by atoms with Crippen molar-refractivity contribution in [2.45, 2.75) is 15.5 Å². The molecule has 0 atom stereocenters. The normalized spacial score (nSPS) is 10.6. The second-order valence-corrected chi connectivity index (χ2v) is 6.48. The van der Waals surface area contributed by atoms with Gasteiger partial charge in [-0.2, -0.15) is 0 Å². The minimum Gasteiger partial charge on any atom is -0.330 e. The van der Waals surface area contributed by atoms with E-state index in [0.717, 1.165) is 10.9 Å². The molecule has 0 aliphatic heterocycles. The van der Waals surface area contributed by atoms with Crippen molar-refractivity contribution in [2.75, 3.05) is 6.54 Å². The summed E-state index contributed by atoms with van der Waals surface area (Å²) in [4.78, 5) is 1.25. The fraction of sp³-hybridized carbons (Fsp3) is 0.167. The van der Waals surface area contributed by atoms with Crippen LogP contribution in [0.3, 0.4) is 0 Å². The van der Waals surface area contributed by atoms with Crippen molar-refractivity contribution < 1.29 is 0 Å². The molecule has 16 heavy (non-hydrogen) atoms. The number of hydrogen-bond donors (Lipinski definition) is 1. The lowest BCUT2D eigenvalue weighted by atomic mass is 10.2. The summed E-state index contributed by atoms with van der Waals surface area (Å²) >= 11 is 7.16. The molecule has 0 amide bonds. The van der Waals surface area contributed by atoms with Gasteiger partial charge < -0.3 is 5.73 Å². The average Bonchev–Trinajstić information content (AvgIpc) is 2.75. The molecule has 1 heterocycles. The van der Waals surface area contributed by atoms with Gasteiger partial charge in [-0.3, -0.25) is 0 Å². The first-order chi connectivity index (χ1) is 7.79. The van der Waals surface area contributed by atoms with Crippen molar-refractivity contribution in [2.24, 2.45) is 5.73 Å². The lowest BCUT2D eigenvalue weighted by Crippen LogP contribution is -2.02. The molecule has 0 aliphatic rings. The summed E-state index contributed by atoms with van der Waals surface area (Å²) in [5.74, 6) is 0. The monoisotopic (exact) mass is 313 g/mol. The van der Waals surface area contributed by atoms with Gasteiger partial charge in [0.15, 0.2) is 0 Å². The molecule has 2 aromatic rings. The Hall–Kier alpha value is -0.290. The van der Waals surface area contributed by atoms with Crippen LogP contribution >= 0.6 is 39.0 Å². The Bertz CT molecular complexity index is 454. The fourth-order valence-electron chi connectivity index (χ4n) is 1.38. The fourth-order valence-corrected chi connectivity index (χ4v) is 3.78. The first-order valence-electron chi connectivity index (χ1n) is 4.99. The predicted octanol–water partition coefficient (Wildman–Crippen LogP) is 4.16. The van der Waals surface area contributed by atoms with Crippen molar-refractivity contribution in [3.8, 4) is 0 Å². The van der Waals surface area contributed by atoms with Gasteiger partial charge in [-0.15, -0.1) is 11.3 Å². The van der Waals surface area contributed by atoms with Crippen LogP contribution in [0.15, 0.2) is 49.3 Å². The summed E-state index contributed by atoms with van der Waals surface area (Å²) in [6.45, 7) is 0.698. The van der Waals surface area contributed by atoms with E-state index in [0.29, 0.717) is 6.54 Å². The van der Waals surface area contributed by atoms with E-state index in [4.69, 9.17) is 5.73 Å². The van der Waals surface area contributed by atoms with Crippen LogP contribution in [0.5, 0.6) is 0 Å². The van der Waals surface area contributed by atoms with Crippen LogP contribution in [0.1, 0.15) is 5.56 Å². The summed E-state index contributed by atoms with van der Waals surface area (Å²) in [6.07, 6.45) is 0.933. The van der Waals surface area contributed by atoms with Gasteiger partial charge in [-0.1, -0.05) is 23.9 Å². The number of halogens is 1. The van der Waals surface area contributed by atoms with Crippen LogP contribution in [0.25, 0.3) is 0 Å². The first-order valence-corrected chi connectivity index (χ1v) is 7.48. The Morgan fingerprint density at radius 3 is 2.81 bits per heavy atom. The number of thiophene rings is 1. The van der Waals surface area contributed by atoms with Gasteiger partial charge in [-0.05, 0) is 58.0 Å². The Morgan fingerprint density at radius 2 is 2.19 bits per heavy atom. The Balaban J connectivity index is 2.16. The highest BCUT2D eigenvalue weighted by molar-refractivity contribution is 9.10. The lowest BCUT2D eigenvalue weighted by Gasteiger charge is -2.05. The molecule has 0 saturated heterocycles. The van der Waals surface area contributed by atoms with Gasteiger partial charge in [0.1, 0.15) is 0 Å². The molecule has 0 bridgehead atoms. The predicted molar refractivity (Wildman–Crippen MR) is 75.3 cm³/mol. The van der Waals surface area contributed by atoms with E-state index in [1.165, 1.54) is 14.7 Å². The molecule has 0 aliphatic carbocycles. The highest BCUT2D eigenvalue weighted by Crippen LogP contribution is 2.36. The van der Waals surface area contributed by atoms with Crippen LogP contribution in [-0.2, 0) is 6.42 Å². The summed E-state index contributed by atoms with van der Waals surface area (Å²) in [6, 6.07) is 10.7. The molecule has 1 aromatic heterocycles. The van der Waals surface area contributed by atoms with Crippen LogP contribution in [-0.4, -0.2) is 6.54 Å². The van der Waals surface area contributed by atoms with E-state index in [2.05, 4.69) is 51.6 Å². The molecule has 1 aromatic carbocycles. The largest absolute Gasteiger partial charge is 0.330 e. The van der Waals surface area contributed by atoms with E-state index in [9.17, 15) is 0 Å². The van der Waals surface area contributed by atoms with Gasteiger partial charge in [0.2, 0.25) is 0 Å². The van der Waals surface area contributed by atoms with E-state index < -0.39 is 0 Å². The molecule has 2 N–H and O–H groups in total. The van der Waals surface area contributed by atoms with Crippen molar-refractivity contribution in [1.82, 2.24) is 0 Å². The minimum absolute atomic E-state index is 0.698. The summed E-state index contributed by atoms with van der Waals surface area (Å²) in [7, 11) is 0. The molecule has 0 radical (unpaired) electrons. The molecular formula is C12H12BrNS2. The average molecular weight is 314 g/mol. The lowest BCUT2D eigenvalue weighted by molar-refractivity contribution is 0.965. The number of nitrogens with two attached hydrogens (primary N) is 1. The Morgan fingerprint density at radius 1 is 1.31 bits per heavy atom. The number of benzene rings is 1. The first kappa shape index (κ1) is 12.2. The van der Waals surface area contributed by atoms with Gasteiger partial charge in [0.25, 0.3) is 0 Å². The topological polar surface area (TPSA) is 26.0 Å². The Labute approximate surface area is 112 Å². The maximum absolute atomic E-state index is 5.54. The van der Waals surface area contributed by atoms with Crippen molar-refractivity contribution in [3.63, 3.8) is 0 Å².